The van der Waals surface area contributed by atoms with Crippen LogP contribution in [0.15, 0.2) is 22.7 Å². The fourth-order valence-electron chi connectivity index (χ4n) is 3.25. The van der Waals surface area contributed by atoms with Gasteiger partial charge in [-0.05, 0) is 79.3 Å². The lowest BCUT2D eigenvalue weighted by atomic mass is 9.88. The maximum absolute atomic E-state index is 13.5. The normalized spacial score (nSPS) is 24.9. The molecule has 4 heteroatoms. The van der Waals surface area contributed by atoms with E-state index in [1.807, 2.05) is 12.1 Å². The summed E-state index contributed by atoms with van der Waals surface area (Å²) in [5, 5.41) is 0. The third-order valence-electron chi connectivity index (χ3n) is 4.30. The van der Waals surface area contributed by atoms with E-state index in [1.165, 1.54) is 18.4 Å². The van der Waals surface area contributed by atoms with Gasteiger partial charge in [-0.2, -0.15) is 0 Å². The molecule has 1 aromatic rings. The minimum absolute atomic E-state index is 0.206. The van der Waals surface area contributed by atoms with Crippen LogP contribution in [0, 0.1) is 11.7 Å². The van der Waals surface area contributed by atoms with E-state index in [-0.39, 0.29) is 5.82 Å². The summed E-state index contributed by atoms with van der Waals surface area (Å²) in [6, 6.07) is 6.14. The highest BCUT2D eigenvalue weighted by Crippen LogP contribution is 2.37. The molecule has 1 fully saturated rings. The Labute approximate surface area is 129 Å². The zero-order valence-electron chi connectivity index (χ0n) is 12.3. The average molecular weight is 343 g/mol. The topological polar surface area (TPSA) is 29.3 Å². The molecule has 0 spiro atoms. The first-order chi connectivity index (χ1) is 9.54. The molecule has 112 valence electrons. The van der Waals surface area contributed by atoms with Gasteiger partial charge in [0, 0.05) is 12.1 Å². The second kappa shape index (κ2) is 7.01. The molecule has 1 saturated heterocycles. The van der Waals surface area contributed by atoms with Crippen LogP contribution in [0.3, 0.4) is 0 Å². The van der Waals surface area contributed by atoms with Gasteiger partial charge in [0.25, 0.3) is 0 Å². The molecule has 0 aromatic heterocycles. The fraction of sp³-hybridized carbons (Fsp3) is 0.625. The van der Waals surface area contributed by atoms with Crippen molar-refractivity contribution < 1.29 is 4.39 Å². The molecule has 0 saturated carbocycles. The Morgan fingerprint density at radius 1 is 1.40 bits per heavy atom. The van der Waals surface area contributed by atoms with E-state index >= 15 is 0 Å². The van der Waals surface area contributed by atoms with Crippen LogP contribution in [0.1, 0.15) is 44.7 Å². The molecule has 0 radical (unpaired) electrons. The minimum Gasteiger partial charge on any atom is -0.330 e. The molecule has 1 aliphatic heterocycles. The summed E-state index contributed by atoms with van der Waals surface area (Å²) < 4.78 is 14.0. The maximum Gasteiger partial charge on any atom is 0.137 e. The zero-order valence-corrected chi connectivity index (χ0v) is 13.9. The van der Waals surface area contributed by atoms with Crippen molar-refractivity contribution >= 4 is 15.9 Å². The first-order valence-corrected chi connectivity index (χ1v) is 8.24. The molecule has 0 aliphatic carbocycles. The van der Waals surface area contributed by atoms with Gasteiger partial charge in [-0.3, -0.25) is 4.90 Å². The molecule has 1 aliphatic rings. The summed E-state index contributed by atoms with van der Waals surface area (Å²) in [6.45, 7) is 6.23. The van der Waals surface area contributed by atoms with E-state index in [4.69, 9.17) is 5.73 Å². The van der Waals surface area contributed by atoms with E-state index in [9.17, 15) is 4.39 Å². The van der Waals surface area contributed by atoms with Gasteiger partial charge in [0.1, 0.15) is 5.82 Å². The Morgan fingerprint density at radius 2 is 2.15 bits per heavy atom. The summed E-state index contributed by atoms with van der Waals surface area (Å²) in [5.74, 6) is 0.236. The highest BCUT2D eigenvalue weighted by molar-refractivity contribution is 9.10. The molecule has 2 nitrogen and oxygen atoms in total. The second-order valence-corrected chi connectivity index (χ2v) is 6.80. The van der Waals surface area contributed by atoms with Crippen molar-refractivity contribution in [3.8, 4) is 0 Å². The summed E-state index contributed by atoms with van der Waals surface area (Å²) in [5.41, 5.74) is 7.19. The average Bonchev–Trinajstić information content (AvgIpc) is 2.64. The van der Waals surface area contributed by atoms with Crippen molar-refractivity contribution in [2.75, 3.05) is 13.1 Å². The number of nitrogens with two attached hydrogens (primary N) is 1. The third-order valence-corrected chi connectivity index (χ3v) is 4.90. The molecular formula is C16H24BrFN2. The quantitative estimate of drug-likeness (QED) is 0.895. The summed E-state index contributed by atoms with van der Waals surface area (Å²) >= 11 is 3.31. The number of likely N-dealkylation sites (tertiary alicyclic amines) is 1. The minimum atomic E-state index is -0.206. The maximum atomic E-state index is 13.5. The Balaban J connectivity index is 2.40. The smallest absolute Gasteiger partial charge is 0.137 e. The number of nitrogens with zero attached hydrogens (tertiary/aromatic N) is 1. The van der Waals surface area contributed by atoms with Crippen LogP contribution < -0.4 is 5.73 Å². The second-order valence-electron chi connectivity index (χ2n) is 5.94. The van der Waals surface area contributed by atoms with Gasteiger partial charge in [0.2, 0.25) is 0 Å². The van der Waals surface area contributed by atoms with Gasteiger partial charge in [-0.1, -0.05) is 12.5 Å². The summed E-state index contributed by atoms with van der Waals surface area (Å²) in [6.07, 6.45) is 3.59. The highest BCUT2D eigenvalue weighted by Gasteiger charge is 2.31. The van der Waals surface area contributed by atoms with Gasteiger partial charge >= 0.3 is 0 Å². The van der Waals surface area contributed by atoms with Crippen LogP contribution in [0.2, 0.25) is 0 Å². The van der Waals surface area contributed by atoms with Crippen LogP contribution in [0.25, 0.3) is 0 Å². The Kier molecular flexibility index (Phi) is 5.58. The molecule has 0 bridgehead atoms. The number of benzene rings is 1. The lowest BCUT2D eigenvalue weighted by Gasteiger charge is -2.38. The molecule has 2 atom stereocenters. The van der Waals surface area contributed by atoms with E-state index < -0.39 is 0 Å². The van der Waals surface area contributed by atoms with Gasteiger partial charge in [0.15, 0.2) is 0 Å². The SMILES string of the molecule is CC(C)N1CCCCC(CN)C1c1ccc(F)c(Br)c1. The molecule has 1 heterocycles. The largest absolute Gasteiger partial charge is 0.330 e. The molecule has 1 aromatic carbocycles. The van der Waals surface area contributed by atoms with Crippen LogP contribution >= 0.6 is 15.9 Å². The van der Waals surface area contributed by atoms with Crippen molar-refractivity contribution in [3.63, 3.8) is 0 Å². The predicted molar refractivity (Wildman–Crippen MR) is 85.1 cm³/mol. The van der Waals surface area contributed by atoms with E-state index in [0.717, 1.165) is 13.0 Å². The summed E-state index contributed by atoms with van der Waals surface area (Å²) in [7, 11) is 0. The van der Waals surface area contributed by atoms with Gasteiger partial charge in [0.05, 0.1) is 4.47 Å². The highest BCUT2D eigenvalue weighted by atomic mass is 79.9. The molecule has 2 rings (SSSR count). The van der Waals surface area contributed by atoms with E-state index in [0.29, 0.717) is 29.0 Å². The van der Waals surface area contributed by atoms with Gasteiger partial charge in [-0.25, -0.2) is 4.39 Å². The van der Waals surface area contributed by atoms with Crippen molar-refractivity contribution in [1.29, 1.82) is 0 Å². The molecule has 0 amide bonds. The van der Waals surface area contributed by atoms with Crippen molar-refractivity contribution in [1.82, 2.24) is 4.90 Å². The molecule has 2 unspecified atom stereocenters. The lowest BCUT2D eigenvalue weighted by Crippen LogP contribution is -2.39. The van der Waals surface area contributed by atoms with Crippen LogP contribution in [-0.2, 0) is 0 Å². The number of halogens is 2. The first kappa shape index (κ1) is 15.9. The van der Waals surface area contributed by atoms with Gasteiger partial charge in [-0.15, -0.1) is 0 Å². The molecule has 20 heavy (non-hydrogen) atoms. The molecular weight excluding hydrogens is 319 g/mol. The van der Waals surface area contributed by atoms with Gasteiger partial charge < -0.3 is 5.73 Å². The van der Waals surface area contributed by atoms with Crippen molar-refractivity contribution in [3.05, 3.63) is 34.1 Å². The predicted octanol–water partition coefficient (Wildman–Crippen LogP) is 4.10. The number of hydrogen-bond acceptors (Lipinski definition) is 2. The van der Waals surface area contributed by atoms with Crippen molar-refractivity contribution in [2.24, 2.45) is 11.7 Å². The Hall–Kier alpha value is -0.450. The zero-order chi connectivity index (χ0) is 14.7. The van der Waals surface area contributed by atoms with Crippen molar-refractivity contribution in [2.45, 2.75) is 45.2 Å². The monoisotopic (exact) mass is 342 g/mol. The standard InChI is InChI=1S/C16H24BrFN2/c1-11(2)20-8-4-3-5-13(10-19)16(20)12-6-7-15(18)14(17)9-12/h6-7,9,11,13,16H,3-5,8,10,19H2,1-2H3. The Bertz CT molecular complexity index is 450. The van der Waals surface area contributed by atoms with E-state index in [1.54, 1.807) is 6.07 Å². The molecule has 2 N–H and O–H groups in total. The lowest BCUT2D eigenvalue weighted by molar-refractivity contribution is 0.121. The van der Waals surface area contributed by atoms with Crippen LogP contribution in [-0.4, -0.2) is 24.0 Å². The van der Waals surface area contributed by atoms with E-state index in [2.05, 4.69) is 34.7 Å². The number of rotatable bonds is 3. The first-order valence-electron chi connectivity index (χ1n) is 7.45. The summed E-state index contributed by atoms with van der Waals surface area (Å²) in [4.78, 5) is 2.52. The number of hydrogen-bond donors (Lipinski definition) is 1. The van der Waals surface area contributed by atoms with Crippen LogP contribution in [0.4, 0.5) is 4.39 Å². The fourth-order valence-corrected chi connectivity index (χ4v) is 3.65. The third kappa shape index (κ3) is 3.41. The van der Waals surface area contributed by atoms with Crippen LogP contribution in [0.5, 0.6) is 0 Å². The Morgan fingerprint density at radius 3 is 2.75 bits per heavy atom.